The topological polar surface area (TPSA) is 38.7 Å². The molecule has 1 aromatic carbocycles. The zero-order chi connectivity index (χ0) is 10.8. The lowest BCUT2D eigenvalue weighted by molar-refractivity contribution is 0.0640. The van der Waals surface area contributed by atoms with Crippen LogP contribution in [-0.2, 0) is 0 Å². The van der Waals surface area contributed by atoms with Crippen molar-refractivity contribution >= 4 is 0 Å². The highest BCUT2D eigenvalue weighted by Crippen LogP contribution is 2.37. The van der Waals surface area contributed by atoms with Crippen molar-refractivity contribution in [3.63, 3.8) is 0 Å². The van der Waals surface area contributed by atoms with Gasteiger partial charge in [0.1, 0.15) is 17.6 Å². The summed E-state index contributed by atoms with van der Waals surface area (Å²) in [5.74, 6) is 1.53. The van der Waals surface area contributed by atoms with Crippen molar-refractivity contribution in [2.24, 2.45) is 0 Å². The van der Waals surface area contributed by atoms with Crippen LogP contribution in [0.4, 0.5) is 0 Å². The van der Waals surface area contributed by atoms with Crippen molar-refractivity contribution in [3.8, 4) is 11.5 Å². The number of hydrogen-bond donors (Lipinski definition) is 1. The monoisotopic (exact) mass is 208 g/mol. The highest BCUT2D eigenvalue weighted by Gasteiger charge is 2.25. The highest BCUT2D eigenvalue weighted by molar-refractivity contribution is 5.42. The maximum absolute atomic E-state index is 9.95. The SMILES string of the molecule is CCC1CC(O)c2cc(OC)ccc2O1. The molecule has 0 saturated carbocycles. The molecule has 1 aliphatic rings. The fourth-order valence-corrected chi connectivity index (χ4v) is 1.87. The van der Waals surface area contributed by atoms with Gasteiger partial charge in [0, 0.05) is 12.0 Å². The smallest absolute Gasteiger partial charge is 0.125 e. The van der Waals surface area contributed by atoms with Crippen LogP contribution in [0, 0.1) is 0 Å². The first kappa shape index (κ1) is 10.3. The summed E-state index contributed by atoms with van der Waals surface area (Å²) >= 11 is 0. The molecule has 1 aromatic rings. The van der Waals surface area contributed by atoms with Crippen molar-refractivity contribution in [2.45, 2.75) is 32.0 Å². The number of benzene rings is 1. The molecule has 0 aliphatic carbocycles. The highest BCUT2D eigenvalue weighted by atomic mass is 16.5. The third kappa shape index (κ3) is 1.92. The lowest BCUT2D eigenvalue weighted by Gasteiger charge is -2.29. The number of fused-ring (bicyclic) bond motifs is 1. The van der Waals surface area contributed by atoms with E-state index in [1.807, 2.05) is 18.2 Å². The van der Waals surface area contributed by atoms with E-state index in [4.69, 9.17) is 9.47 Å². The Morgan fingerprint density at radius 1 is 1.53 bits per heavy atom. The number of aliphatic hydroxyl groups excluding tert-OH is 1. The Morgan fingerprint density at radius 2 is 2.33 bits per heavy atom. The predicted molar refractivity (Wildman–Crippen MR) is 57.3 cm³/mol. The quantitative estimate of drug-likeness (QED) is 0.810. The van der Waals surface area contributed by atoms with Gasteiger partial charge in [0.25, 0.3) is 0 Å². The minimum atomic E-state index is -0.436. The van der Waals surface area contributed by atoms with Gasteiger partial charge >= 0.3 is 0 Å². The molecule has 1 heterocycles. The number of ether oxygens (including phenoxy) is 2. The van der Waals surface area contributed by atoms with Gasteiger partial charge in [-0.15, -0.1) is 0 Å². The van der Waals surface area contributed by atoms with Crippen molar-refractivity contribution in [1.82, 2.24) is 0 Å². The van der Waals surface area contributed by atoms with Crippen LogP contribution in [0.1, 0.15) is 31.4 Å². The Hall–Kier alpha value is -1.22. The summed E-state index contributed by atoms with van der Waals surface area (Å²) in [5, 5.41) is 9.95. The molecule has 2 unspecified atom stereocenters. The van der Waals surface area contributed by atoms with E-state index in [-0.39, 0.29) is 6.10 Å². The number of methoxy groups -OCH3 is 1. The minimum Gasteiger partial charge on any atom is -0.497 e. The summed E-state index contributed by atoms with van der Waals surface area (Å²) in [6.07, 6.45) is 1.27. The van der Waals surface area contributed by atoms with Crippen molar-refractivity contribution < 1.29 is 14.6 Å². The number of aliphatic hydroxyl groups is 1. The fourth-order valence-electron chi connectivity index (χ4n) is 1.87. The zero-order valence-electron chi connectivity index (χ0n) is 9.06. The molecule has 0 bridgehead atoms. The number of hydrogen-bond acceptors (Lipinski definition) is 3. The van der Waals surface area contributed by atoms with E-state index < -0.39 is 6.10 Å². The molecular formula is C12H16O3. The first-order valence-corrected chi connectivity index (χ1v) is 5.27. The Bertz CT molecular complexity index is 349. The summed E-state index contributed by atoms with van der Waals surface area (Å²) in [7, 11) is 1.62. The van der Waals surface area contributed by atoms with E-state index in [1.54, 1.807) is 7.11 Å². The summed E-state index contributed by atoms with van der Waals surface area (Å²) in [6, 6.07) is 5.55. The molecule has 2 atom stereocenters. The molecule has 1 aliphatic heterocycles. The summed E-state index contributed by atoms with van der Waals surface area (Å²) < 4.78 is 10.9. The molecular weight excluding hydrogens is 192 g/mol. The van der Waals surface area contributed by atoms with Crippen molar-refractivity contribution in [1.29, 1.82) is 0 Å². The van der Waals surface area contributed by atoms with Crippen LogP contribution in [0.2, 0.25) is 0 Å². The standard InChI is InChI=1S/C12H16O3/c1-3-8-7-11(13)10-6-9(14-2)4-5-12(10)15-8/h4-6,8,11,13H,3,7H2,1-2H3. The summed E-state index contributed by atoms with van der Waals surface area (Å²) in [4.78, 5) is 0. The van der Waals surface area contributed by atoms with Gasteiger partial charge in [-0.05, 0) is 24.6 Å². The maximum Gasteiger partial charge on any atom is 0.125 e. The van der Waals surface area contributed by atoms with Crippen LogP contribution in [0.3, 0.4) is 0 Å². The second-order valence-corrected chi connectivity index (χ2v) is 3.80. The van der Waals surface area contributed by atoms with Crippen LogP contribution in [0.5, 0.6) is 11.5 Å². The fraction of sp³-hybridized carbons (Fsp3) is 0.500. The molecule has 82 valence electrons. The van der Waals surface area contributed by atoms with E-state index in [1.165, 1.54) is 0 Å². The molecule has 0 spiro atoms. The zero-order valence-corrected chi connectivity index (χ0v) is 9.06. The number of rotatable bonds is 2. The first-order valence-electron chi connectivity index (χ1n) is 5.27. The predicted octanol–water partition coefficient (Wildman–Crippen LogP) is 2.29. The Morgan fingerprint density at radius 3 is 3.00 bits per heavy atom. The van der Waals surface area contributed by atoms with Gasteiger partial charge in [-0.25, -0.2) is 0 Å². The average Bonchev–Trinajstić information content (AvgIpc) is 2.28. The second kappa shape index (κ2) is 4.11. The summed E-state index contributed by atoms with van der Waals surface area (Å²) in [6.45, 7) is 2.06. The average molecular weight is 208 g/mol. The van der Waals surface area contributed by atoms with E-state index in [9.17, 15) is 5.11 Å². The molecule has 0 fully saturated rings. The normalized spacial score (nSPS) is 24.2. The van der Waals surface area contributed by atoms with Gasteiger partial charge in [0.15, 0.2) is 0 Å². The Labute approximate surface area is 89.6 Å². The van der Waals surface area contributed by atoms with Gasteiger partial charge in [-0.2, -0.15) is 0 Å². The first-order chi connectivity index (χ1) is 7.24. The molecule has 1 N–H and O–H groups in total. The van der Waals surface area contributed by atoms with Crippen molar-refractivity contribution in [2.75, 3.05) is 7.11 Å². The maximum atomic E-state index is 9.95. The minimum absolute atomic E-state index is 0.126. The molecule has 0 amide bonds. The molecule has 2 rings (SSSR count). The van der Waals surface area contributed by atoms with E-state index in [0.29, 0.717) is 6.42 Å². The molecule has 0 radical (unpaired) electrons. The van der Waals surface area contributed by atoms with Gasteiger partial charge < -0.3 is 14.6 Å². The molecule has 15 heavy (non-hydrogen) atoms. The van der Waals surface area contributed by atoms with Crippen LogP contribution < -0.4 is 9.47 Å². The Kier molecular flexibility index (Phi) is 2.82. The lowest BCUT2D eigenvalue weighted by atomic mass is 9.98. The molecule has 0 aromatic heterocycles. The largest absolute Gasteiger partial charge is 0.497 e. The second-order valence-electron chi connectivity index (χ2n) is 3.80. The van der Waals surface area contributed by atoms with E-state index in [2.05, 4.69) is 6.92 Å². The molecule has 0 saturated heterocycles. The van der Waals surface area contributed by atoms with E-state index in [0.717, 1.165) is 23.5 Å². The van der Waals surface area contributed by atoms with Crippen molar-refractivity contribution in [3.05, 3.63) is 23.8 Å². The van der Waals surface area contributed by atoms with Crippen LogP contribution in [0.25, 0.3) is 0 Å². The van der Waals surface area contributed by atoms with E-state index >= 15 is 0 Å². The van der Waals surface area contributed by atoms with Crippen LogP contribution >= 0.6 is 0 Å². The third-order valence-electron chi connectivity index (χ3n) is 2.81. The molecule has 3 heteroatoms. The van der Waals surface area contributed by atoms with Gasteiger partial charge in [0.2, 0.25) is 0 Å². The third-order valence-corrected chi connectivity index (χ3v) is 2.81. The summed E-state index contributed by atoms with van der Waals surface area (Å²) in [5.41, 5.74) is 0.832. The molecule has 3 nitrogen and oxygen atoms in total. The van der Waals surface area contributed by atoms with Crippen LogP contribution in [0.15, 0.2) is 18.2 Å². The lowest BCUT2D eigenvalue weighted by Crippen LogP contribution is -2.24. The Balaban J connectivity index is 2.32. The van der Waals surface area contributed by atoms with Gasteiger partial charge in [0.05, 0.1) is 13.2 Å². The van der Waals surface area contributed by atoms with Crippen LogP contribution in [-0.4, -0.2) is 18.3 Å². The van der Waals surface area contributed by atoms with Gasteiger partial charge in [-0.3, -0.25) is 0 Å². The van der Waals surface area contributed by atoms with Gasteiger partial charge in [-0.1, -0.05) is 6.92 Å².